The third kappa shape index (κ3) is 3.83. The van der Waals surface area contributed by atoms with Crippen molar-refractivity contribution in [3.63, 3.8) is 0 Å². The number of amides is 1. The maximum absolute atomic E-state index is 12.4. The van der Waals surface area contributed by atoms with Crippen LogP contribution in [0.3, 0.4) is 0 Å². The average molecular weight is 274 g/mol. The number of nitrogens with zero attached hydrogens (tertiary/aromatic N) is 1. The molecule has 1 aromatic carbocycles. The number of piperidine rings is 1. The highest BCUT2D eigenvalue weighted by Gasteiger charge is 2.23. The number of aryl methyl sites for hydroxylation is 2. The van der Waals surface area contributed by atoms with Gasteiger partial charge in [0.05, 0.1) is 6.42 Å². The van der Waals surface area contributed by atoms with Gasteiger partial charge in [-0.25, -0.2) is 0 Å². The summed E-state index contributed by atoms with van der Waals surface area (Å²) in [6.45, 7) is 7.04. The smallest absolute Gasteiger partial charge is 0.226 e. The Labute approximate surface area is 122 Å². The lowest BCUT2D eigenvalue weighted by Gasteiger charge is -2.32. The zero-order valence-electron chi connectivity index (χ0n) is 12.9. The molecule has 0 saturated carbocycles. The highest BCUT2D eigenvalue weighted by atomic mass is 16.2. The highest BCUT2D eigenvalue weighted by molar-refractivity contribution is 5.79. The van der Waals surface area contributed by atoms with Gasteiger partial charge in [0.15, 0.2) is 0 Å². The highest BCUT2D eigenvalue weighted by Crippen LogP contribution is 2.17. The summed E-state index contributed by atoms with van der Waals surface area (Å²) in [5.74, 6) is 0.881. The molecule has 20 heavy (non-hydrogen) atoms. The second kappa shape index (κ2) is 6.89. The largest absolute Gasteiger partial charge is 0.342 e. The molecular formula is C17H26N2O. The van der Waals surface area contributed by atoms with E-state index < -0.39 is 0 Å². The lowest BCUT2D eigenvalue weighted by Crippen LogP contribution is -2.43. The third-order valence-corrected chi connectivity index (χ3v) is 4.29. The van der Waals surface area contributed by atoms with Crippen molar-refractivity contribution in [2.24, 2.45) is 5.92 Å². The van der Waals surface area contributed by atoms with Crippen LogP contribution in [0.5, 0.6) is 0 Å². The first kappa shape index (κ1) is 15.0. The van der Waals surface area contributed by atoms with E-state index in [2.05, 4.69) is 37.4 Å². The second-order valence-electron chi connectivity index (χ2n) is 6.00. The van der Waals surface area contributed by atoms with Gasteiger partial charge in [-0.05, 0) is 62.9 Å². The van der Waals surface area contributed by atoms with Crippen LogP contribution in [0.4, 0.5) is 0 Å². The normalized spacial score (nSPS) is 19.1. The Morgan fingerprint density at radius 1 is 1.35 bits per heavy atom. The van der Waals surface area contributed by atoms with Crippen LogP contribution in [0, 0.1) is 19.8 Å². The van der Waals surface area contributed by atoms with Gasteiger partial charge in [0.1, 0.15) is 0 Å². The standard InChI is InChI=1S/C17H26N2O/c1-13-6-7-15(9-14(13)2)10-17(20)19-8-4-5-16(12-19)11-18-3/h6-7,9,16,18H,4-5,8,10-12H2,1-3H3. The molecule has 1 atom stereocenters. The van der Waals surface area contributed by atoms with Crippen molar-refractivity contribution in [1.29, 1.82) is 0 Å². The van der Waals surface area contributed by atoms with E-state index in [9.17, 15) is 4.79 Å². The van der Waals surface area contributed by atoms with Gasteiger partial charge in [0.2, 0.25) is 5.91 Å². The van der Waals surface area contributed by atoms with Crippen molar-refractivity contribution in [2.75, 3.05) is 26.7 Å². The van der Waals surface area contributed by atoms with Gasteiger partial charge in [0.25, 0.3) is 0 Å². The van der Waals surface area contributed by atoms with E-state index in [1.807, 2.05) is 11.9 Å². The van der Waals surface area contributed by atoms with E-state index in [-0.39, 0.29) is 5.91 Å². The van der Waals surface area contributed by atoms with Crippen LogP contribution in [-0.2, 0) is 11.2 Å². The van der Waals surface area contributed by atoms with Crippen LogP contribution in [0.1, 0.15) is 29.5 Å². The number of carbonyl (C=O) groups excluding carboxylic acids is 1. The van der Waals surface area contributed by atoms with Crippen molar-refractivity contribution in [2.45, 2.75) is 33.1 Å². The molecule has 1 N–H and O–H groups in total. The fraction of sp³-hybridized carbons (Fsp3) is 0.588. The van der Waals surface area contributed by atoms with E-state index in [0.717, 1.165) is 31.6 Å². The number of benzene rings is 1. The van der Waals surface area contributed by atoms with Gasteiger partial charge < -0.3 is 10.2 Å². The first-order valence-electron chi connectivity index (χ1n) is 7.58. The van der Waals surface area contributed by atoms with Crippen LogP contribution in [0.2, 0.25) is 0 Å². The molecule has 1 unspecified atom stereocenters. The zero-order valence-corrected chi connectivity index (χ0v) is 12.9. The fourth-order valence-corrected chi connectivity index (χ4v) is 2.95. The summed E-state index contributed by atoms with van der Waals surface area (Å²) in [7, 11) is 1.98. The average Bonchev–Trinajstić information content (AvgIpc) is 2.43. The third-order valence-electron chi connectivity index (χ3n) is 4.29. The minimum Gasteiger partial charge on any atom is -0.342 e. The lowest BCUT2D eigenvalue weighted by atomic mass is 9.97. The molecule has 1 amide bonds. The SMILES string of the molecule is CNCC1CCCN(C(=O)Cc2ccc(C)c(C)c2)C1. The number of hydrogen-bond acceptors (Lipinski definition) is 2. The molecule has 0 spiro atoms. The Kier molecular flexibility index (Phi) is 5.18. The second-order valence-corrected chi connectivity index (χ2v) is 6.00. The predicted molar refractivity (Wildman–Crippen MR) is 82.9 cm³/mol. The van der Waals surface area contributed by atoms with Crippen molar-refractivity contribution in [3.8, 4) is 0 Å². The van der Waals surface area contributed by atoms with Gasteiger partial charge >= 0.3 is 0 Å². The minimum absolute atomic E-state index is 0.272. The van der Waals surface area contributed by atoms with Crippen molar-refractivity contribution in [1.82, 2.24) is 10.2 Å². The van der Waals surface area contributed by atoms with Crippen molar-refractivity contribution < 1.29 is 4.79 Å². The Morgan fingerprint density at radius 3 is 2.85 bits per heavy atom. The van der Waals surface area contributed by atoms with Gasteiger partial charge in [-0.15, -0.1) is 0 Å². The van der Waals surface area contributed by atoms with Crippen LogP contribution >= 0.6 is 0 Å². The van der Waals surface area contributed by atoms with Crippen LogP contribution in [0.15, 0.2) is 18.2 Å². The van der Waals surface area contributed by atoms with Crippen molar-refractivity contribution >= 4 is 5.91 Å². The first-order chi connectivity index (χ1) is 9.60. The molecule has 1 heterocycles. The van der Waals surface area contributed by atoms with E-state index in [4.69, 9.17) is 0 Å². The summed E-state index contributed by atoms with van der Waals surface area (Å²) in [5, 5.41) is 3.22. The quantitative estimate of drug-likeness (QED) is 0.914. The van der Waals surface area contributed by atoms with E-state index in [0.29, 0.717) is 12.3 Å². The zero-order chi connectivity index (χ0) is 14.5. The van der Waals surface area contributed by atoms with E-state index >= 15 is 0 Å². The van der Waals surface area contributed by atoms with E-state index in [1.54, 1.807) is 0 Å². The summed E-state index contributed by atoms with van der Waals surface area (Å²) in [6.07, 6.45) is 2.90. The molecule has 0 radical (unpaired) electrons. The Hall–Kier alpha value is -1.35. The fourth-order valence-electron chi connectivity index (χ4n) is 2.95. The maximum Gasteiger partial charge on any atom is 0.226 e. The summed E-state index contributed by atoms with van der Waals surface area (Å²) in [6, 6.07) is 6.33. The number of likely N-dealkylation sites (tertiary alicyclic amines) is 1. The van der Waals surface area contributed by atoms with Crippen LogP contribution in [-0.4, -0.2) is 37.5 Å². The molecule has 0 aliphatic carbocycles. The summed E-state index contributed by atoms with van der Waals surface area (Å²) in [4.78, 5) is 14.5. The molecule has 1 aromatic rings. The van der Waals surface area contributed by atoms with Gasteiger partial charge in [-0.1, -0.05) is 18.2 Å². The Bertz CT molecular complexity index is 468. The molecule has 1 aliphatic heterocycles. The number of rotatable bonds is 4. The summed E-state index contributed by atoms with van der Waals surface area (Å²) < 4.78 is 0. The number of hydrogen-bond donors (Lipinski definition) is 1. The number of carbonyl (C=O) groups is 1. The molecule has 1 saturated heterocycles. The monoisotopic (exact) mass is 274 g/mol. The molecule has 110 valence electrons. The Morgan fingerprint density at radius 2 is 2.15 bits per heavy atom. The Balaban J connectivity index is 1.95. The molecular weight excluding hydrogens is 248 g/mol. The molecule has 1 fully saturated rings. The molecule has 0 bridgehead atoms. The maximum atomic E-state index is 12.4. The minimum atomic E-state index is 0.272. The molecule has 1 aliphatic rings. The van der Waals surface area contributed by atoms with E-state index in [1.165, 1.54) is 17.5 Å². The summed E-state index contributed by atoms with van der Waals surface area (Å²) in [5.41, 5.74) is 3.68. The predicted octanol–water partition coefficient (Wildman–Crippen LogP) is 2.30. The van der Waals surface area contributed by atoms with Gasteiger partial charge in [-0.2, -0.15) is 0 Å². The van der Waals surface area contributed by atoms with Crippen LogP contribution < -0.4 is 5.32 Å². The molecule has 0 aromatic heterocycles. The lowest BCUT2D eigenvalue weighted by molar-refractivity contribution is -0.132. The number of nitrogens with one attached hydrogen (secondary N) is 1. The topological polar surface area (TPSA) is 32.3 Å². The molecule has 3 nitrogen and oxygen atoms in total. The summed E-state index contributed by atoms with van der Waals surface area (Å²) >= 11 is 0. The first-order valence-corrected chi connectivity index (χ1v) is 7.58. The van der Waals surface area contributed by atoms with Gasteiger partial charge in [0, 0.05) is 13.1 Å². The molecule has 3 heteroatoms. The van der Waals surface area contributed by atoms with Gasteiger partial charge in [-0.3, -0.25) is 4.79 Å². The van der Waals surface area contributed by atoms with Crippen molar-refractivity contribution in [3.05, 3.63) is 34.9 Å². The molecule has 2 rings (SSSR count). The van der Waals surface area contributed by atoms with Crippen LogP contribution in [0.25, 0.3) is 0 Å².